The molecule has 6 aliphatic rings. The van der Waals surface area contributed by atoms with E-state index in [4.69, 9.17) is 18.9 Å². The van der Waals surface area contributed by atoms with Crippen molar-refractivity contribution in [1.82, 2.24) is 0 Å². The van der Waals surface area contributed by atoms with Crippen molar-refractivity contribution in [3.05, 3.63) is 51.6 Å². The van der Waals surface area contributed by atoms with Crippen LogP contribution in [-0.4, -0.2) is 24.4 Å². The van der Waals surface area contributed by atoms with E-state index in [1.165, 1.54) is 51.4 Å². The Labute approximate surface area is 358 Å². The minimum Gasteiger partial charge on any atom is -0.487 e. The smallest absolute Gasteiger partial charge is 0.205 e. The average Bonchev–Trinajstić information content (AvgIpc) is 3.28. The van der Waals surface area contributed by atoms with Crippen LogP contribution in [0.2, 0.25) is 0 Å². The number of unbranched alkanes of at least 4 members (excludes halogenated alkanes) is 4. The Bertz CT molecular complexity index is 1740. The molecule has 8 rings (SSSR count). The van der Waals surface area contributed by atoms with Crippen LogP contribution in [0.15, 0.2) is 6.08 Å². The van der Waals surface area contributed by atoms with E-state index in [9.17, 15) is 13.2 Å². The van der Waals surface area contributed by atoms with Crippen LogP contribution < -0.4 is 18.9 Å². The monoisotopic (exact) mass is 839 g/mol. The van der Waals surface area contributed by atoms with E-state index in [0.717, 1.165) is 138 Å². The van der Waals surface area contributed by atoms with Crippen LogP contribution >= 0.6 is 0 Å². The molecule has 0 N–H and O–H groups in total. The Hall–Kier alpha value is -2.90. The molecular weight excluding hydrogens is 765 g/mol. The first-order valence-corrected chi connectivity index (χ1v) is 24.7. The third-order valence-electron chi connectivity index (χ3n) is 15.0. The predicted octanol–water partition coefficient (Wildman–Crippen LogP) is 15.2. The zero-order valence-corrected chi connectivity index (χ0v) is 37.3. The summed E-state index contributed by atoms with van der Waals surface area (Å²) in [6, 6.07) is 0. The molecule has 2 saturated carbocycles. The van der Waals surface area contributed by atoms with E-state index >= 15 is 4.39 Å². The summed E-state index contributed by atoms with van der Waals surface area (Å²) >= 11 is 0. The van der Waals surface area contributed by atoms with Crippen molar-refractivity contribution in [1.29, 1.82) is 0 Å². The van der Waals surface area contributed by atoms with Crippen LogP contribution in [0.3, 0.4) is 0 Å². The lowest BCUT2D eigenvalue weighted by Crippen LogP contribution is -2.35. The van der Waals surface area contributed by atoms with Crippen LogP contribution in [-0.2, 0) is 19.3 Å². The van der Waals surface area contributed by atoms with Crippen LogP contribution in [0.25, 0.3) is 6.08 Å². The number of fused-ring (bicyclic) bond motifs is 6. The maximum Gasteiger partial charge on any atom is 0.205 e. The number of halogens is 4. The molecule has 2 aromatic rings. The summed E-state index contributed by atoms with van der Waals surface area (Å²) < 4.78 is 84.1. The van der Waals surface area contributed by atoms with E-state index in [1.807, 2.05) is 6.08 Å². The van der Waals surface area contributed by atoms with Gasteiger partial charge in [0, 0.05) is 22.3 Å². The van der Waals surface area contributed by atoms with Gasteiger partial charge in [0.25, 0.3) is 0 Å². The molecule has 4 nitrogen and oxygen atoms in total. The third-order valence-corrected chi connectivity index (χ3v) is 15.0. The van der Waals surface area contributed by atoms with Gasteiger partial charge in [0.15, 0.2) is 23.0 Å². The maximum absolute atomic E-state index is 15.0. The van der Waals surface area contributed by atoms with Gasteiger partial charge in [0.2, 0.25) is 23.3 Å². The predicted molar refractivity (Wildman–Crippen MR) is 233 cm³/mol. The molecule has 0 spiro atoms. The molecule has 2 aromatic carbocycles. The highest BCUT2D eigenvalue weighted by molar-refractivity contribution is 5.68. The van der Waals surface area contributed by atoms with Crippen molar-refractivity contribution in [3.63, 3.8) is 0 Å². The number of hydrogen-bond acceptors (Lipinski definition) is 4. The lowest BCUT2D eigenvalue weighted by Gasteiger charge is -2.38. The minimum absolute atomic E-state index is 0.00608. The Morgan fingerprint density at radius 1 is 0.450 bits per heavy atom. The molecule has 4 unspecified atom stereocenters. The summed E-state index contributed by atoms with van der Waals surface area (Å²) in [4.78, 5) is 0. The summed E-state index contributed by atoms with van der Waals surface area (Å²) in [5.41, 5.74) is 3.19. The van der Waals surface area contributed by atoms with Crippen LogP contribution in [0.5, 0.6) is 23.0 Å². The van der Waals surface area contributed by atoms with Gasteiger partial charge >= 0.3 is 0 Å². The van der Waals surface area contributed by atoms with Crippen LogP contribution in [0.1, 0.15) is 198 Å². The highest BCUT2D eigenvalue weighted by atomic mass is 19.2. The first-order chi connectivity index (χ1) is 29.2. The van der Waals surface area contributed by atoms with E-state index in [-0.39, 0.29) is 47.4 Å². The van der Waals surface area contributed by atoms with Gasteiger partial charge in [-0.3, -0.25) is 0 Å². The van der Waals surface area contributed by atoms with E-state index < -0.39 is 23.3 Å². The quantitative estimate of drug-likeness (QED) is 0.140. The van der Waals surface area contributed by atoms with Gasteiger partial charge in [-0.1, -0.05) is 111 Å². The van der Waals surface area contributed by atoms with E-state index in [1.54, 1.807) is 0 Å². The Morgan fingerprint density at radius 3 is 1.45 bits per heavy atom. The second-order valence-corrected chi connectivity index (χ2v) is 19.2. The summed E-state index contributed by atoms with van der Waals surface area (Å²) in [5.74, 6) is -0.333. The van der Waals surface area contributed by atoms with Crippen molar-refractivity contribution >= 4 is 6.08 Å². The Kier molecular flexibility index (Phi) is 16.1. The second kappa shape index (κ2) is 21.5. The summed E-state index contributed by atoms with van der Waals surface area (Å²) in [7, 11) is 0. The van der Waals surface area contributed by atoms with E-state index in [0.29, 0.717) is 23.8 Å². The first-order valence-electron chi connectivity index (χ1n) is 24.7. The van der Waals surface area contributed by atoms with Crippen molar-refractivity contribution in [2.75, 3.05) is 0 Å². The molecule has 2 fully saturated rings. The topological polar surface area (TPSA) is 36.9 Å². The maximum atomic E-state index is 15.0. The largest absolute Gasteiger partial charge is 0.487 e. The van der Waals surface area contributed by atoms with Crippen molar-refractivity contribution in [2.24, 2.45) is 23.7 Å². The molecular formula is C52H74F4O4. The third kappa shape index (κ3) is 10.3. The molecule has 4 aliphatic heterocycles. The second-order valence-electron chi connectivity index (χ2n) is 19.2. The summed E-state index contributed by atoms with van der Waals surface area (Å²) in [5, 5.41) is 0. The Morgan fingerprint density at radius 2 is 0.917 bits per heavy atom. The fourth-order valence-corrected chi connectivity index (χ4v) is 11.5. The minimum atomic E-state index is -0.882. The van der Waals surface area contributed by atoms with Gasteiger partial charge < -0.3 is 18.9 Å². The molecule has 4 atom stereocenters. The number of hydrogen-bond donors (Lipinski definition) is 0. The summed E-state index contributed by atoms with van der Waals surface area (Å²) in [6.45, 7) is 8.82. The number of rotatable bonds is 14. The van der Waals surface area contributed by atoms with Gasteiger partial charge in [-0.25, -0.2) is 0 Å². The lowest BCUT2D eigenvalue weighted by molar-refractivity contribution is 0.0689. The lowest BCUT2D eigenvalue weighted by atomic mass is 9.76. The van der Waals surface area contributed by atoms with Gasteiger partial charge in [-0.05, 0) is 120 Å². The molecule has 8 heteroatoms. The van der Waals surface area contributed by atoms with Gasteiger partial charge in [0.1, 0.15) is 12.2 Å². The van der Waals surface area contributed by atoms with Crippen molar-refractivity contribution in [2.45, 2.75) is 219 Å². The molecule has 334 valence electrons. The zero-order valence-electron chi connectivity index (χ0n) is 37.3. The highest BCUT2D eigenvalue weighted by Crippen LogP contribution is 2.48. The number of benzene rings is 2. The Balaban J connectivity index is 0.000000181. The molecule has 60 heavy (non-hydrogen) atoms. The summed E-state index contributed by atoms with van der Waals surface area (Å²) in [6.07, 6.45) is 31.9. The number of ether oxygens (including phenoxy) is 4. The molecule has 0 amide bonds. The molecule has 0 radical (unpaired) electrons. The van der Waals surface area contributed by atoms with Crippen molar-refractivity contribution < 1.29 is 36.5 Å². The SMILES string of the molecule is CCCCCC1CCc2c3c(c(F)c(F)c2O1)OC(C1CCC(CCC)CC1)C=C3.CCCCCC1CCc2c3c(c(F)c(F)c2O1)OC(C1CCC(CCC)CC1)CC3. The molecule has 0 saturated heterocycles. The zero-order chi connectivity index (χ0) is 42.2. The molecule has 0 aromatic heterocycles. The van der Waals surface area contributed by atoms with Gasteiger partial charge in [0.05, 0.1) is 12.2 Å². The average molecular weight is 839 g/mol. The van der Waals surface area contributed by atoms with E-state index in [2.05, 4.69) is 33.8 Å². The van der Waals surface area contributed by atoms with Gasteiger partial charge in [-0.2, -0.15) is 17.6 Å². The van der Waals surface area contributed by atoms with Crippen LogP contribution in [0.4, 0.5) is 17.6 Å². The van der Waals surface area contributed by atoms with Gasteiger partial charge in [-0.15, -0.1) is 0 Å². The molecule has 4 heterocycles. The molecule has 0 bridgehead atoms. The molecule has 2 aliphatic carbocycles. The van der Waals surface area contributed by atoms with Crippen LogP contribution in [0, 0.1) is 46.9 Å². The standard InChI is InChI=1S/C26H38F2O2.C26H36F2O2/c2*1-3-5-6-8-19-13-14-20-21-15-16-22(18-11-9-17(7-4-2)10-12-18)30-26(21)24(28)23(27)25(20)29-19/h17-19,22H,3-16H2,1-2H3;15-19,22H,3-14H2,1-2H3. The first kappa shape index (κ1) is 45.1. The normalized spacial score (nSPS) is 28.0. The highest BCUT2D eigenvalue weighted by Gasteiger charge is 2.39. The fraction of sp³-hybridized carbons (Fsp3) is 0.731. The fourth-order valence-electron chi connectivity index (χ4n) is 11.5. The van der Waals surface area contributed by atoms with Crippen molar-refractivity contribution in [3.8, 4) is 23.0 Å².